The molecule has 0 unspecified atom stereocenters. The van der Waals surface area contributed by atoms with Crippen LogP contribution in [0.15, 0.2) is 47.9 Å². The van der Waals surface area contributed by atoms with Gasteiger partial charge in [0.05, 0.1) is 5.75 Å². The number of pyridine rings is 1. The minimum Gasteiger partial charge on any atom is -0.293 e. The zero-order chi connectivity index (χ0) is 20.3. The molecule has 1 aromatic carbocycles. The van der Waals surface area contributed by atoms with Gasteiger partial charge < -0.3 is 0 Å². The van der Waals surface area contributed by atoms with Crippen LogP contribution in [0.25, 0.3) is 11.4 Å². The van der Waals surface area contributed by atoms with Gasteiger partial charge in [-0.25, -0.2) is 0 Å². The highest BCUT2D eigenvalue weighted by molar-refractivity contribution is 7.99. The van der Waals surface area contributed by atoms with Gasteiger partial charge in [-0.15, -0.1) is 10.2 Å². The second-order valence-corrected chi connectivity index (χ2v) is 7.22. The van der Waals surface area contributed by atoms with Crippen molar-refractivity contribution < 1.29 is 18.0 Å². The van der Waals surface area contributed by atoms with E-state index in [1.807, 2.05) is 26.0 Å². The summed E-state index contributed by atoms with van der Waals surface area (Å²) in [5.41, 5.74) is 2.80. The molecule has 0 aliphatic rings. The molecule has 0 fully saturated rings. The van der Waals surface area contributed by atoms with Gasteiger partial charge in [0.25, 0.3) is 0 Å². The lowest BCUT2D eigenvalue weighted by Gasteiger charge is -2.12. The van der Waals surface area contributed by atoms with Crippen LogP contribution in [-0.2, 0) is 6.54 Å². The van der Waals surface area contributed by atoms with Gasteiger partial charge in [-0.1, -0.05) is 29.5 Å². The van der Waals surface area contributed by atoms with Crippen molar-refractivity contribution in [3.8, 4) is 11.4 Å². The molecule has 0 saturated carbocycles. The number of benzene rings is 1. The van der Waals surface area contributed by atoms with E-state index in [1.165, 1.54) is 12.4 Å². The van der Waals surface area contributed by atoms with Crippen LogP contribution < -0.4 is 0 Å². The van der Waals surface area contributed by atoms with E-state index in [1.54, 1.807) is 18.2 Å². The predicted octanol–water partition coefficient (Wildman–Crippen LogP) is 4.49. The molecule has 2 aromatic heterocycles. The molecule has 0 radical (unpaired) electrons. The zero-order valence-corrected chi connectivity index (χ0v) is 16.0. The average Bonchev–Trinajstić information content (AvgIpc) is 3.03. The van der Waals surface area contributed by atoms with Gasteiger partial charge in [0, 0.05) is 23.5 Å². The van der Waals surface area contributed by atoms with E-state index in [9.17, 15) is 18.0 Å². The Labute approximate surface area is 164 Å². The van der Waals surface area contributed by atoms with Gasteiger partial charge in [0.1, 0.15) is 6.54 Å². The highest BCUT2D eigenvalue weighted by Crippen LogP contribution is 2.28. The number of aryl methyl sites for hydroxylation is 2. The van der Waals surface area contributed by atoms with Crippen molar-refractivity contribution in [3.63, 3.8) is 0 Å². The monoisotopic (exact) mass is 406 g/mol. The van der Waals surface area contributed by atoms with Crippen LogP contribution in [-0.4, -0.2) is 37.5 Å². The third kappa shape index (κ3) is 4.78. The molecule has 28 heavy (non-hydrogen) atoms. The third-order valence-electron chi connectivity index (χ3n) is 4.02. The Hall–Kier alpha value is -2.68. The number of carbonyl (C=O) groups excluding carboxylic acids is 1. The third-order valence-corrected chi connectivity index (χ3v) is 4.99. The number of carbonyl (C=O) groups is 1. The molecule has 0 amide bonds. The van der Waals surface area contributed by atoms with Crippen LogP contribution in [0.5, 0.6) is 0 Å². The Morgan fingerprint density at radius 1 is 1.11 bits per heavy atom. The van der Waals surface area contributed by atoms with Crippen molar-refractivity contribution in [2.24, 2.45) is 0 Å². The molecule has 0 bridgehead atoms. The SMILES string of the molecule is Cc1ccc(C)c(C(=O)CSc2nnc(-c3ccncc3)n2CC(F)(F)F)c1. The van der Waals surface area contributed by atoms with E-state index in [4.69, 9.17) is 0 Å². The number of ketones is 1. The summed E-state index contributed by atoms with van der Waals surface area (Å²) in [6, 6.07) is 8.65. The Bertz CT molecular complexity index is 987. The molecule has 2 heterocycles. The number of rotatable bonds is 6. The molecule has 146 valence electrons. The Balaban J connectivity index is 1.86. The summed E-state index contributed by atoms with van der Waals surface area (Å²) >= 11 is 0.945. The highest BCUT2D eigenvalue weighted by atomic mass is 32.2. The fourth-order valence-electron chi connectivity index (χ4n) is 2.68. The maximum absolute atomic E-state index is 13.1. The second kappa shape index (κ2) is 8.14. The molecule has 0 atom stereocenters. The number of alkyl halides is 3. The minimum atomic E-state index is -4.45. The van der Waals surface area contributed by atoms with Crippen LogP contribution in [0.2, 0.25) is 0 Å². The van der Waals surface area contributed by atoms with Crippen LogP contribution >= 0.6 is 11.8 Å². The maximum atomic E-state index is 13.1. The molecule has 0 saturated heterocycles. The largest absolute Gasteiger partial charge is 0.406 e. The molecule has 0 N–H and O–H groups in total. The maximum Gasteiger partial charge on any atom is 0.406 e. The molecular weight excluding hydrogens is 389 g/mol. The van der Waals surface area contributed by atoms with Crippen molar-refractivity contribution in [3.05, 3.63) is 59.4 Å². The van der Waals surface area contributed by atoms with E-state index < -0.39 is 12.7 Å². The standard InChI is InChI=1S/C19H17F3N4OS/c1-12-3-4-13(2)15(9-12)16(27)10-28-18-25-24-17(14-5-7-23-8-6-14)26(18)11-19(20,21)22/h3-9H,10-11H2,1-2H3. The van der Waals surface area contributed by atoms with Gasteiger partial charge in [-0.2, -0.15) is 13.2 Å². The predicted molar refractivity (Wildman–Crippen MR) is 100 cm³/mol. The number of halogens is 3. The number of Topliss-reactive ketones (excluding diaryl/α,β-unsaturated/α-hetero) is 1. The van der Waals surface area contributed by atoms with Gasteiger partial charge in [-0.05, 0) is 37.6 Å². The van der Waals surface area contributed by atoms with Crippen LogP contribution in [0, 0.1) is 13.8 Å². The summed E-state index contributed by atoms with van der Waals surface area (Å²) in [4.78, 5) is 16.4. The summed E-state index contributed by atoms with van der Waals surface area (Å²) in [5.74, 6) is -0.115. The minimum absolute atomic E-state index is 0.0311. The lowest BCUT2D eigenvalue weighted by atomic mass is 10.0. The van der Waals surface area contributed by atoms with E-state index >= 15 is 0 Å². The van der Waals surface area contributed by atoms with E-state index in [2.05, 4.69) is 15.2 Å². The first-order valence-electron chi connectivity index (χ1n) is 8.38. The molecule has 0 spiro atoms. The molecule has 0 aliphatic heterocycles. The van der Waals surface area contributed by atoms with E-state index in [0.29, 0.717) is 11.1 Å². The van der Waals surface area contributed by atoms with Crippen molar-refractivity contribution in [1.29, 1.82) is 0 Å². The number of hydrogen-bond acceptors (Lipinski definition) is 5. The summed E-state index contributed by atoms with van der Waals surface area (Å²) in [6.45, 7) is 2.47. The fraction of sp³-hybridized carbons (Fsp3) is 0.263. The first-order valence-corrected chi connectivity index (χ1v) is 9.37. The van der Waals surface area contributed by atoms with Crippen LogP contribution in [0.4, 0.5) is 13.2 Å². The summed E-state index contributed by atoms with van der Waals surface area (Å²) < 4.78 is 40.3. The van der Waals surface area contributed by atoms with E-state index in [0.717, 1.165) is 27.5 Å². The molecule has 0 aliphatic carbocycles. The normalized spacial score (nSPS) is 11.6. The van der Waals surface area contributed by atoms with Crippen LogP contribution in [0.3, 0.4) is 0 Å². The number of nitrogens with zero attached hydrogens (tertiary/aromatic N) is 4. The van der Waals surface area contributed by atoms with Gasteiger partial charge in [0.15, 0.2) is 16.8 Å². The number of thioether (sulfide) groups is 1. The van der Waals surface area contributed by atoms with Crippen molar-refractivity contribution in [1.82, 2.24) is 19.7 Å². The van der Waals surface area contributed by atoms with Crippen molar-refractivity contribution in [2.45, 2.75) is 31.7 Å². The Morgan fingerprint density at radius 3 is 2.50 bits per heavy atom. The quantitative estimate of drug-likeness (QED) is 0.446. The van der Waals surface area contributed by atoms with Crippen molar-refractivity contribution in [2.75, 3.05) is 5.75 Å². The smallest absolute Gasteiger partial charge is 0.293 e. The number of hydrogen-bond donors (Lipinski definition) is 0. The summed E-state index contributed by atoms with van der Waals surface area (Å²) in [5, 5.41) is 7.84. The topological polar surface area (TPSA) is 60.7 Å². The first-order chi connectivity index (χ1) is 13.2. The second-order valence-electron chi connectivity index (χ2n) is 6.27. The van der Waals surface area contributed by atoms with Gasteiger partial charge in [0.2, 0.25) is 0 Å². The zero-order valence-electron chi connectivity index (χ0n) is 15.2. The molecule has 3 rings (SSSR count). The Kier molecular flexibility index (Phi) is 5.83. The first kappa shape index (κ1) is 20.1. The summed E-state index contributed by atoms with van der Waals surface area (Å²) in [7, 11) is 0. The Morgan fingerprint density at radius 2 is 1.82 bits per heavy atom. The summed E-state index contributed by atoms with van der Waals surface area (Å²) in [6.07, 6.45) is -1.51. The molecule has 5 nitrogen and oxygen atoms in total. The molecule has 9 heteroatoms. The highest BCUT2D eigenvalue weighted by Gasteiger charge is 2.31. The molecular formula is C19H17F3N4OS. The average molecular weight is 406 g/mol. The lowest BCUT2D eigenvalue weighted by Crippen LogP contribution is -2.19. The van der Waals surface area contributed by atoms with Gasteiger partial charge in [-0.3, -0.25) is 14.3 Å². The van der Waals surface area contributed by atoms with E-state index in [-0.39, 0.29) is 22.5 Å². The number of aromatic nitrogens is 4. The lowest BCUT2D eigenvalue weighted by molar-refractivity contribution is -0.141. The fourth-order valence-corrected chi connectivity index (χ4v) is 3.50. The van der Waals surface area contributed by atoms with Gasteiger partial charge >= 0.3 is 6.18 Å². The van der Waals surface area contributed by atoms with Crippen molar-refractivity contribution >= 4 is 17.5 Å². The molecule has 3 aromatic rings. The van der Waals surface area contributed by atoms with Crippen LogP contribution in [0.1, 0.15) is 21.5 Å².